The number of carbonyl (C=O) groups is 2. The maximum absolute atomic E-state index is 12.4. The van der Waals surface area contributed by atoms with Crippen molar-refractivity contribution >= 4 is 35.6 Å². The van der Waals surface area contributed by atoms with Gasteiger partial charge in [-0.1, -0.05) is 0 Å². The van der Waals surface area contributed by atoms with E-state index in [0.29, 0.717) is 25.3 Å². The van der Waals surface area contributed by atoms with Gasteiger partial charge in [0, 0.05) is 43.9 Å². The molecule has 0 aromatic carbocycles. The van der Waals surface area contributed by atoms with Crippen LogP contribution in [0.2, 0.25) is 0 Å². The number of amides is 2. The topological polar surface area (TPSA) is 52.7 Å². The number of thiophene rings is 1. The molecule has 2 aliphatic heterocycles. The minimum atomic E-state index is 0. The number of hydrogen-bond acceptors (Lipinski definition) is 4. The van der Waals surface area contributed by atoms with Crippen LogP contribution in [0.4, 0.5) is 0 Å². The van der Waals surface area contributed by atoms with Crippen molar-refractivity contribution in [1.29, 1.82) is 0 Å². The first-order valence-corrected chi connectivity index (χ1v) is 9.30. The maximum Gasteiger partial charge on any atom is 0.223 e. The summed E-state index contributed by atoms with van der Waals surface area (Å²) in [7, 11) is 1.95. The van der Waals surface area contributed by atoms with Gasteiger partial charge in [-0.15, -0.1) is 23.7 Å². The van der Waals surface area contributed by atoms with Gasteiger partial charge in [-0.3, -0.25) is 9.59 Å². The van der Waals surface area contributed by atoms with Crippen LogP contribution in [0.25, 0.3) is 0 Å². The molecule has 3 heterocycles. The van der Waals surface area contributed by atoms with E-state index in [4.69, 9.17) is 0 Å². The van der Waals surface area contributed by atoms with Crippen LogP contribution in [-0.2, 0) is 22.6 Å². The average Bonchev–Trinajstić information content (AvgIpc) is 3.20. The number of likely N-dealkylation sites (tertiary alicyclic amines) is 1. The highest BCUT2D eigenvalue weighted by Crippen LogP contribution is 2.24. The molecule has 24 heavy (non-hydrogen) atoms. The molecule has 2 amide bonds. The van der Waals surface area contributed by atoms with E-state index in [-0.39, 0.29) is 24.2 Å². The third kappa shape index (κ3) is 4.49. The van der Waals surface area contributed by atoms with Gasteiger partial charge >= 0.3 is 0 Å². The van der Waals surface area contributed by atoms with Crippen LogP contribution in [0, 0.1) is 5.92 Å². The Balaban J connectivity index is 0.00000208. The van der Waals surface area contributed by atoms with Crippen LogP contribution < -0.4 is 5.32 Å². The molecule has 1 aromatic heterocycles. The minimum absolute atomic E-state index is 0. The van der Waals surface area contributed by atoms with Gasteiger partial charge in [-0.05, 0) is 49.4 Å². The van der Waals surface area contributed by atoms with Crippen LogP contribution >= 0.6 is 23.7 Å². The van der Waals surface area contributed by atoms with Crippen LogP contribution in [0.15, 0.2) is 11.4 Å². The molecular weight excluding hydrogens is 346 g/mol. The van der Waals surface area contributed by atoms with E-state index < -0.39 is 0 Å². The summed E-state index contributed by atoms with van der Waals surface area (Å²) in [4.78, 5) is 29.9. The Morgan fingerprint density at radius 3 is 2.75 bits per heavy atom. The molecule has 134 valence electrons. The molecule has 1 N–H and O–H groups in total. The van der Waals surface area contributed by atoms with Crippen LogP contribution in [0.1, 0.15) is 29.7 Å². The zero-order chi connectivity index (χ0) is 16.2. The molecule has 0 radical (unpaired) electrons. The van der Waals surface area contributed by atoms with Crippen molar-refractivity contribution < 1.29 is 9.59 Å². The third-order valence-electron chi connectivity index (χ3n) is 4.84. The van der Waals surface area contributed by atoms with E-state index in [2.05, 4.69) is 16.8 Å². The lowest BCUT2D eigenvalue weighted by molar-refractivity contribution is -0.137. The molecule has 1 aromatic rings. The average molecular weight is 372 g/mol. The van der Waals surface area contributed by atoms with Gasteiger partial charge in [0.1, 0.15) is 0 Å². The number of hydrogen-bond donors (Lipinski definition) is 1. The normalized spacial score (nSPS) is 19.8. The highest BCUT2D eigenvalue weighted by Gasteiger charge is 2.27. The second-order valence-electron chi connectivity index (χ2n) is 6.49. The molecule has 0 aliphatic carbocycles. The Labute approximate surface area is 153 Å². The van der Waals surface area contributed by atoms with E-state index >= 15 is 0 Å². The van der Waals surface area contributed by atoms with Crippen molar-refractivity contribution in [3.63, 3.8) is 0 Å². The highest BCUT2D eigenvalue weighted by molar-refractivity contribution is 7.10. The zero-order valence-electron chi connectivity index (χ0n) is 14.1. The molecule has 0 saturated carbocycles. The Kier molecular flexibility index (Phi) is 7.07. The fraction of sp³-hybridized carbons (Fsp3) is 0.647. The summed E-state index contributed by atoms with van der Waals surface area (Å²) in [6.45, 7) is 4.12. The summed E-state index contributed by atoms with van der Waals surface area (Å²) in [5.41, 5.74) is 1.27. The molecular formula is C17H26ClN3O2S. The van der Waals surface area contributed by atoms with Gasteiger partial charge in [0.05, 0.1) is 0 Å². The summed E-state index contributed by atoms with van der Waals surface area (Å²) in [6, 6.07) is 2.11. The predicted octanol–water partition coefficient (Wildman–Crippen LogP) is 1.90. The molecule has 0 spiro atoms. The van der Waals surface area contributed by atoms with Gasteiger partial charge < -0.3 is 15.1 Å². The second kappa shape index (κ2) is 8.83. The number of nitrogens with zero attached hydrogens (tertiary/aromatic N) is 2. The van der Waals surface area contributed by atoms with Crippen molar-refractivity contribution in [2.75, 3.05) is 33.2 Å². The second-order valence-corrected chi connectivity index (χ2v) is 7.49. The summed E-state index contributed by atoms with van der Waals surface area (Å²) in [6.07, 6.45) is 2.70. The summed E-state index contributed by atoms with van der Waals surface area (Å²) in [5.74, 6) is 0.796. The summed E-state index contributed by atoms with van der Waals surface area (Å²) >= 11 is 1.77. The first-order valence-electron chi connectivity index (χ1n) is 8.42. The van der Waals surface area contributed by atoms with E-state index in [1.807, 2.05) is 16.8 Å². The van der Waals surface area contributed by atoms with Crippen LogP contribution in [-0.4, -0.2) is 54.8 Å². The molecule has 1 unspecified atom stereocenters. The van der Waals surface area contributed by atoms with Crippen molar-refractivity contribution in [2.24, 2.45) is 5.92 Å². The molecule has 3 rings (SSSR count). The molecule has 2 aliphatic rings. The van der Waals surface area contributed by atoms with Crippen molar-refractivity contribution in [2.45, 2.75) is 32.2 Å². The zero-order valence-corrected chi connectivity index (χ0v) is 15.8. The lowest BCUT2D eigenvalue weighted by atomic mass is 10.1. The Bertz CT molecular complexity index is 578. The van der Waals surface area contributed by atoms with Crippen molar-refractivity contribution in [3.05, 3.63) is 21.9 Å². The van der Waals surface area contributed by atoms with Gasteiger partial charge in [0.15, 0.2) is 0 Å². The van der Waals surface area contributed by atoms with Crippen molar-refractivity contribution in [3.8, 4) is 0 Å². The van der Waals surface area contributed by atoms with E-state index in [0.717, 1.165) is 39.0 Å². The summed E-state index contributed by atoms with van der Waals surface area (Å²) < 4.78 is 0. The number of rotatable bonds is 5. The quantitative estimate of drug-likeness (QED) is 0.860. The number of nitrogens with one attached hydrogen (secondary N) is 1. The monoisotopic (exact) mass is 371 g/mol. The lowest BCUT2D eigenvalue weighted by Gasteiger charge is -2.27. The fourth-order valence-electron chi connectivity index (χ4n) is 3.51. The van der Waals surface area contributed by atoms with Crippen LogP contribution in [0.3, 0.4) is 0 Å². The van der Waals surface area contributed by atoms with Gasteiger partial charge in [0.25, 0.3) is 0 Å². The molecule has 1 saturated heterocycles. The molecule has 7 heteroatoms. The number of carbonyl (C=O) groups excluding carboxylic acids is 2. The first-order chi connectivity index (χ1) is 11.2. The van der Waals surface area contributed by atoms with Gasteiger partial charge in [0.2, 0.25) is 11.8 Å². The molecule has 1 fully saturated rings. The van der Waals surface area contributed by atoms with Gasteiger partial charge in [-0.2, -0.15) is 0 Å². The van der Waals surface area contributed by atoms with Crippen LogP contribution in [0.5, 0.6) is 0 Å². The SMILES string of the molecule is CNCC1CCN(C(=O)CCC(=O)N2CCc3sccc3C2)C1.Cl. The number of halogens is 1. The largest absolute Gasteiger partial charge is 0.342 e. The van der Waals surface area contributed by atoms with E-state index in [9.17, 15) is 9.59 Å². The molecule has 0 bridgehead atoms. The minimum Gasteiger partial charge on any atom is -0.342 e. The summed E-state index contributed by atoms with van der Waals surface area (Å²) in [5, 5.41) is 5.26. The smallest absolute Gasteiger partial charge is 0.223 e. The molecule has 5 nitrogen and oxygen atoms in total. The van der Waals surface area contributed by atoms with Crippen molar-refractivity contribution in [1.82, 2.24) is 15.1 Å². The molecule has 1 atom stereocenters. The first kappa shape index (κ1) is 19.2. The standard InChI is InChI=1S/C17H25N3O2S.ClH/c1-18-10-13-4-7-19(11-13)16(21)2-3-17(22)20-8-5-15-14(12-20)6-9-23-15;/h6,9,13,18H,2-5,7-8,10-12H2,1H3;1H. The highest BCUT2D eigenvalue weighted by atomic mass is 35.5. The van der Waals surface area contributed by atoms with Gasteiger partial charge in [-0.25, -0.2) is 0 Å². The Morgan fingerprint density at radius 1 is 1.25 bits per heavy atom. The maximum atomic E-state index is 12.4. The Morgan fingerprint density at radius 2 is 2.00 bits per heavy atom. The van der Waals surface area contributed by atoms with E-state index in [1.54, 1.807) is 11.3 Å². The predicted molar refractivity (Wildman–Crippen MR) is 98.5 cm³/mol. The number of fused-ring (bicyclic) bond motifs is 1. The Hall–Kier alpha value is -1.11. The fourth-order valence-corrected chi connectivity index (χ4v) is 4.40. The van der Waals surface area contributed by atoms with E-state index in [1.165, 1.54) is 10.4 Å². The lowest BCUT2D eigenvalue weighted by Crippen LogP contribution is -2.36. The third-order valence-corrected chi connectivity index (χ3v) is 5.87.